The lowest BCUT2D eigenvalue weighted by Crippen LogP contribution is -2.35. The van der Waals surface area contributed by atoms with Crippen molar-refractivity contribution in [2.45, 2.75) is 20.8 Å². The number of amides is 2. The third-order valence-corrected chi connectivity index (χ3v) is 4.79. The van der Waals surface area contributed by atoms with Gasteiger partial charge in [0, 0.05) is 0 Å². The van der Waals surface area contributed by atoms with Crippen molar-refractivity contribution in [3.05, 3.63) is 58.7 Å². The third kappa shape index (κ3) is 4.85. The largest absolute Gasteiger partial charge is 0.493 e. The second-order valence-electron chi connectivity index (χ2n) is 6.91. The highest BCUT2D eigenvalue weighted by atomic mass is 16.6. The molecule has 0 bridgehead atoms. The summed E-state index contributed by atoms with van der Waals surface area (Å²) in [6, 6.07) is 10.4. The van der Waals surface area contributed by atoms with Crippen molar-refractivity contribution in [1.82, 2.24) is 5.43 Å². The minimum absolute atomic E-state index is 0.000438. The highest BCUT2D eigenvalue weighted by molar-refractivity contribution is 6.31. The smallest absolute Gasteiger partial charge is 0.344 e. The molecule has 1 heterocycles. The first-order valence-corrected chi connectivity index (χ1v) is 9.75. The first-order valence-electron chi connectivity index (χ1n) is 9.75. The highest BCUT2D eigenvalue weighted by Gasteiger charge is 2.34. The Morgan fingerprint density at radius 1 is 1.06 bits per heavy atom. The molecule has 2 aromatic carbocycles. The first-order chi connectivity index (χ1) is 14.8. The predicted octanol–water partition coefficient (Wildman–Crippen LogP) is 2.72. The standard InChI is InChI=1S/C23H24N2O6/c1-5-30-21(26)13-31-19-9-7-16(12-20(19)29-4)11-18-22(27)24-25(23(18)28)17-8-6-14(2)15(3)10-17/h6-12H,5,13H2,1-4H3,(H,24,27). The molecule has 0 aromatic heterocycles. The monoisotopic (exact) mass is 424 g/mol. The molecule has 1 saturated heterocycles. The van der Waals surface area contributed by atoms with E-state index in [2.05, 4.69) is 5.43 Å². The van der Waals surface area contributed by atoms with E-state index in [0.29, 0.717) is 22.7 Å². The van der Waals surface area contributed by atoms with Crippen molar-refractivity contribution in [1.29, 1.82) is 0 Å². The number of rotatable bonds is 7. The summed E-state index contributed by atoms with van der Waals surface area (Å²) >= 11 is 0. The fraction of sp³-hybridized carbons (Fsp3) is 0.261. The summed E-state index contributed by atoms with van der Waals surface area (Å²) < 4.78 is 15.6. The molecule has 0 saturated carbocycles. The number of methoxy groups -OCH3 is 1. The van der Waals surface area contributed by atoms with E-state index in [1.807, 2.05) is 26.0 Å². The van der Waals surface area contributed by atoms with Crippen LogP contribution in [0.1, 0.15) is 23.6 Å². The van der Waals surface area contributed by atoms with Gasteiger partial charge in [0.05, 0.1) is 19.4 Å². The van der Waals surface area contributed by atoms with Crippen LogP contribution in [0.15, 0.2) is 42.0 Å². The van der Waals surface area contributed by atoms with E-state index in [-0.39, 0.29) is 18.8 Å². The number of benzene rings is 2. The van der Waals surface area contributed by atoms with Crippen molar-refractivity contribution in [3.8, 4) is 11.5 Å². The molecule has 162 valence electrons. The molecule has 2 amide bonds. The Labute approximate surface area is 180 Å². The normalized spacial score (nSPS) is 14.6. The molecule has 8 nitrogen and oxygen atoms in total. The first kappa shape index (κ1) is 21.9. The Bertz CT molecular complexity index is 1060. The zero-order chi connectivity index (χ0) is 22.5. The van der Waals surface area contributed by atoms with Crippen LogP contribution in [0.4, 0.5) is 5.69 Å². The summed E-state index contributed by atoms with van der Waals surface area (Å²) in [6.07, 6.45) is 1.48. The molecule has 0 radical (unpaired) electrons. The fourth-order valence-electron chi connectivity index (χ4n) is 3.00. The summed E-state index contributed by atoms with van der Waals surface area (Å²) in [4.78, 5) is 36.8. The summed E-state index contributed by atoms with van der Waals surface area (Å²) in [5.74, 6) is -0.734. The van der Waals surface area contributed by atoms with E-state index >= 15 is 0 Å². The number of esters is 1. The summed E-state index contributed by atoms with van der Waals surface area (Å²) in [7, 11) is 1.46. The zero-order valence-electron chi connectivity index (χ0n) is 17.9. The lowest BCUT2D eigenvalue weighted by molar-refractivity contribution is -0.145. The molecule has 31 heavy (non-hydrogen) atoms. The highest BCUT2D eigenvalue weighted by Crippen LogP contribution is 2.30. The molecule has 2 aromatic rings. The number of nitrogens with one attached hydrogen (secondary N) is 1. The number of nitrogens with zero attached hydrogens (tertiary/aromatic N) is 1. The Morgan fingerprint density at radius 3 is 2.52 bits per heavy atom. The molecular weight excluding hydrogens is 400 g/mol. The lowest BCUT2D eigenvalue weighted by atomic mass is 10.1. The van der Waals surface area contributed by atoms with Gasteiger partial charge in [-0.3, -0.25) is 15.0 Å². The van der Waals surface area contributed by atoms with Crippen LogP contribution in [-0.2, 0) is 19.1 Å². The number of aryl methyl sites for hydroxylation is 2. The van der Waals surface area contributed by atoms with Gasteiger partial charge in [-0.1, -0.05) is 12.1 Å². The summed E-state index contributed by atoms with van der Waals surface area (Å²) in [5, 5.41) is 1.23. The average molecular weight is 424 g/mol. The molecule has 0 unspecified atom stereocenters. The van der Waals surface area contributed by atoms with Crippen molar-refractivity contribution >= 4 is 29.5 Å². The quantitative estimate of drug-likeness (QED) is 0.417. The molecule has 3 rings (SSSR count). The van der Waals surface area contributed by atoms with Gasteiger partial charge in [-0.2, -0.15) is 0 Å². The number of carbonyl (C=O) groups excluding carboxylic acids is 3. The summed E-state index contributed by atoms with van der Waals surface area (Å²) in [6.45, 7) is 5.64. The molecule has 0 spiro atoms. The molecule has 1 aliphatic rings. The van der Waals surface area contributed by atoms with E-state index < -0.39 is 17.8 Å². The minimum Gasteiger partial charge on any atom is -0.493 e. The van der Waals surface area contributed by atoms with Gasteiger partial charge in [0.25, 0.3) is 11.8 Å². The third-order valence-electron chi connectivity index (χ3n) is 4.79. The van der Waals surface area contributed by atoms with Gasteiger partial charge in [0.2, 0.25) is 0 Å². The van der Waals surface area contributed by atoms with Crippen LogP contribution in [0.5, 0.6) is 11.5 Å². The van der Waals surface area contributed by atoms with Gasteiger partial charge in [-0.15, -0.1) is 0 Å². The van der Waals surface area contributed by atoms with Gasteiger partial charge < -0.3 is 14.2 Å². The maximum atomic E-state index is 12.8. The van der Waals surface area contributed by atoms with E-state index in [1.54, 1.807) is 31.2 Å². The number of hydrogen-bond donors (Lipinski definition) is 1. The Balaban J connectivity index is 1.82. The number of anilines is 1. The topological polar surface area (TPSA) is 94.2 Å². The maximum absolute atomic E-state index is 12.8. The van der Waals surface area contributed by atoms with Crippen LogP contribution < -0.4 is 19.9 Å². The van der Waals surface area contributed by atoms with Crippen molar-refractivity contribution in [3.63, 3.8) is 0 Å². The van der Waals surface area contributed by atoms with Crippen molar-refractivity contribution in [2.24, 2.45) is 0 Å². The van der Waals surface area contributed by atoms with Crippen LogP contribution >= 0.6 is 0 Å². The van der Waals surface area contributed by atoms with Crippen LogP contribution in [0.3, 0.4) is 0 Å². The Kier molecular flexibility index (Phi) is 6.59. The number of ether oxygens (including phenoxy) is 3. The Morgan fingerprint density at radius 2 is 1.84 bits per heavy atom. The molecular formula is C23H24N2O6. The van der Waals surface area contributed by atoms with Crippen LogP contribution in [0.25, 0.3) is 6.08 Å². The van der Waals surface area contributed by atoms with E-state index in [1.165, 1.54) is 18.2 Å². The van der Waals surface area contributed by atoms with Gasteiger partial charge in [-0.25, -0.2) is 9.80 Å². The molecule has 8 heteroatoms. The van der Waals surface area contributed by atoms with Crippen LogP contribution in [-0.4, -0.2) is 38.1 Å². The van der Waals surface area contributed by atoms with Crippen molar-refractivity contribution in [2.75, 3.05) is 25.3 Å². The number of hydrogen-bond acceptors (Lipinski definition) is 6. The average Bonchev–Trinajstić information content (AvgIpc) is 3.03. The van der Waals surface area contributed by atoms with Gasteiger partial charge in [-0.05, 0) is 67.8 Å². The van der Waals surface area contributed by atoms with E-state index in [9.17, 15) is 14.4 Å². The molecule has 1 fully saturated rings. The fourth-order valence-corrected chi connectivity index (χ4v) is 3.00. The predicted molar refractivity (Wildman–Crippen MR) is 115 cm³/mol. The van der Waals surface area contributed by atoms with E-state index in [0.717, 1.165) is 11.1 Å². The van der Waals surface area contributed by atoms with Crippen LogP contribution in [0.2, 0.25) is 0 Å². The summed E-state index contributed by atoms with van der Waals surface area (Å²) in [5.41, 5.74) is 5.86. The van der Waals surface area contributed by atoms with E-state index in [4.69, 9.17) is 14.2 Å². The number of carbonyl (C=O) groups is 3. The minimum atomic E-state index is -0.496. The lowest BCUT2D eigenvalue weighted by Gasteiger charge is -2.16. The van der Waals surface area contributed by atoms with Crippen molar-refractivity contribution < 1.29 is 28.6 Å². The maximum Gasteiger partial charge on any atom is 0.344 e. The van der Waals surface area contributed by atoms with Crippen LogP contribution in [0, 0.1) is 13.8 Å². The van der Waals surface area contributed by atoms with Gasteiger partial charge in [0.15, 0.2) is 18.1 Å². The number of hydrazine groups is 1. The molecule has 1 N–H and O–H groups in total. The second kappa shape index (κ2) is 9.34. The Hall–Kier alpha value is -3.81. The molecule has 0 aliphatic carbocycles. The zero-order valence-corrected chi connectivity index (χ0v) is 17.9. The molecule has 1 aliphatic heterocycles. The molecule has 0 atom stereocenters. The van der Waals surface area contributed by atoms with Gasteiger partial charge in [0.1, 0.15) is 5.57 Å². The SMILES string of the molecule is CCOC(=O)COc1ccc(C=C2C(=O)NN(c3ccc(C)c(C)c3)C2=O)cc1OC. The second-order valence-corrected chi connectivity index (χ2v) is 6.91. The van der Waals surface area contributed by atoms with Gasteiger partial charge >= 0.3 is 5.97 Å².